The van der Waals surface area contributed by atoms with Gasteiger partial charge in [-0.2, -0.15) is 0 Å². The molecule has 0 bridgehead atoms. The summed E-state index contributed by atoms with van der Waals surface area (Å²) in [5.41, 5.74) is 0. The summed E-state index contributed by atoms with van der Waals surface area (Å²) in [5.74, 6) is 0.0359. The van der Waals surface area contributed by atoms with Gasteiger partial charge in [0.2, 0.25) is 5.95 Å². The predicted molar refractivity (Wildman–Crippen MR) is 67.8 cm³/mol. The number of aromatic nitrogens is 2. The van der Waals surface area contributed by atoms with Crippen molar-refractivity contribution in [1.29, 1.82) is 0 Å². The normalized spacial score (nSPS) is 12.5. The standard InChI is InChI=1S/C11H18FN3OS/c1-3-5-13-11-14-7-9(12)10(15-11)17-8(2)4-6-16/h7-8,16H,3-6H2,1-2H3,(H,13,14,15). The van der Waals surface area contributed by atoms with Crippen molar-refractivity contribution in [1.82, 2.24) is 9.97 Å². The van der Waals surface area contributed by atoms with Gasteiger partial charge in [-0.05, 0) is 12.8 Å². The molecule has 1 atom stereocenters. The first-order valence-corrected chi connectivity index (χ1v) is 6.59. The van der Waals surface area contributed by atoms with Crippen LogP contribution in [0.5, 0.6) is 0 Å². The lowest BCUT2D eigenvalue weighted by Crippen LogP contribution is -2.07. The van der Waals surface area contributed by atoms with Gasteiger partial charge in [-0.15, -0.1) is 11.8 Å². The number of aliphatic hydroxyl groups excluding tert-OH is 1. The van der Waals surface area contributed by atoms with Crippen molar-refractivity contribution in [2.45, 2.75) is 37.0 Å². The molecule has 4 nitrogen and oxygen atoms in total. The molecule has 1 heterocycles. The number of nitrogens with zero attached hydrogens (tertiary/aromatic N) is 2. The molecule has 1 rings (SSSR count). The summed E-state index contributed by atoms with van der Waals surface area (Å²) >= 11 is 1.32. The minimum Gasteiger partial charge on any atom is -0.396 e. The lowest BCUT2D eigenvalue weighted by molar-refractivity contribution is 0.289. The average molecular weight is 259 g/mol. The van der Waals surface area contributed by atoms with E-state index in [4.69, 9.17) is 5.11 Å². The third-order valence-corrected chi connectivity index (χ3v) is 3.24. The SMILES string of the molecule is CCCNc1ncc(F)c(SC(C)CCO)n1. The second kappa shape index (κ2) is 7.45. The molecule has 0 radical (unpaired) electrons. The fourth-order valence-electron chi connectivity index (χ4n) is 1.19. The molecule has 0 aliphatic heterocycles. The van der Waals surface area contributed by atoms with E-state index in [1.54, 1.807) is 0 Å². The van der Waals surface area contributed by atoms with E-state index in [1.807, 2.05) is 13.8 Å². The Morgan fingerprint density at radius 3 is 3.00 bits per heavy atom. The molecule has 96 valence electrons. The van der Waals surface area contributed by atoms with E-state index in [-0.39, 0.29) is 11.9 Å². The number of halogens is 1. The number of thioether (sulfide) groups is 1. The van der Waals surface area contributed by atoms with E-state index in [2.05, 4.69) is 15.3 Å². The summed E-state index contributed by atoms with van der Waals surface area (Å²) in [6, 6.07) is 0. The number of rotatable bonds is 7. The fourth-order valence-corrected chi connectivity index (χ4v) is 2.10. The first-order chi connectivity index (χ1) is 8.17. The summed E-state index contributed by atoms with van der Waals surface area (Å²) < 4.78 is 13.5. The van der Waals surface area contributed by atoms with Crippen molar-refractivity contribution in [2.75, 3.05) is 18.5 Å². The maximum absolute atomic E-state index is 13.5. The molecule has 0 spiro atoms. The lowest BCUT2D eigenvalue weighted by Gasteiger charge is -2.10. The third-order valence-electron chi connectivity index (χ3n) is 2.09. The monoisotopic (exact) mass is 259 g/mol. The molecule has 0 aliphatic carbocycles. The van der Waals surface area contributed by atoms with Crippen molar-refractivity contribution in [3.63, 3.8) is 0 Å². The highest BCUT2D eigenvalue weighted by molar-refractivity contribution is 7.99. The van der Waals surface area contributed by atoms with Crippen molar-refractivity contribution in [3.8, 4) is 0 Å². The van der Waals surface area contributed by atoms with Crippen LogP contribution < -0.4 is 5.32 Å². The van der Waals surface area contributed by atoms with Crippen molar-refractivity contribution >= 4 is 17.7 Å². The molecule has 0 aliphatic rings. The molecule has 0 aromatic carbocycles. The number of hydrogen-bond donors (Lipinski definition) is 2. The van der Waals surface area contributed by atoms with Crippen LogP contribution in [0.3, 0.4) is 0 Å². The minimum absolute atomic E-state index is 0.0990. The summed E-state index contributed by atoms with van der Waals surface area (Å²) in [4.78, 5) is 7.99. The summed E-state index contributed by atoms with van der Waals surface area (Å²) in [5, 5.41) is 12.3. The highest BCUT2D eigenvalue weighted by atomic mass is 32.2. The highest BCUT2D eigenvalue weighted by Gasteiger charge is 2.11. The van der Waals surface area contributed by atoms with Crippen LogP contribution in [-0.4, -0.2) is 33.5 Å². The zero-order chi connectivity index (χ0) is 12.7. The van der Waals surface area contributed by atoms with Crippen LogP contribution in [0.4, 0.5) is 10.3 Å². The van der Waals surface area contributed by atoms with Crippen LogP contribution in [0.1, 0.15) is 26.7 Å². The molecule has 2 N–H and O–H groups in total. The van der Waals surface area contributed by atoms with Crippen LogP contribution in [0.15, 0.2) is 11.2 Å². The van der Waals surface area contributed by atoms with Gasteiger partial charge in [-0.1, -0.05) is 13.8 Å². The van der Waals surface area contributed by atoms with E-state index < -0.39 is 5.82 Å². The number of aliphatic hydroxyl groups is 1. The van der Waals surface area contributed by atoms with Gasteiger partial charge >= 0.3 is 0 Å². The Morgan fingerprint density at radius 1 is 1.59 bits per heavy atom. The molecule has 1 aromatic heterocycles. The minimum atomic E-state index is -0.415. The quantitative estimate of drug-likeness (QED) is 0.581. The second-order valence-electron chi connectivity index (χ2n) is 3.71. The third kappa shape index (κ3) is 4.87. The van der Waals surface area contributed by atoms with Gasteiger partial charge in [0, 0.05) is 18.4 Å². The van der Waals surface area contributed by atoms with Gasteiger partial charge in [0.05, 0.1) is 6.20 Å². The molecule has 0 fully saturated rings. The first-order valence-electron chi connectivity index (χ1n) is 5.71. The number of anilines is 1. The average Bonchev–Trinajstić information content (AvgIpc) is 2.30. The van der Waals surface area contributed by atoms with Gasteiger partial charge in [0.1, 0.15) is 5.03 Å². The van der Waals surface area contributed by atoms with Gasteiger partial charge in [0.25, 0.3) is 0 Å². The fraction of sp³-hybridized carbons (Fsp3) is 0.636. The predicted octanol–water partition coefficient (Wildman–Crippen LogP) is 2.30. The van der Waals surface area contributed by atoms with Crippen molar-refractivity contribution in [3.05, 3.63) is 12.0 Å². The van der Waals surface area contributed by atoms with E-state index in [9.17, 15) is 4.39 Å². The molecule has 6 heteroatoms. The second-order valence-corrected chi connectivity index (χ2v) is 5.14. The Labute approximate surface area is 105 Å². The molecular formula is C11H18FN3OS. The maximum atomic E-state index is 13.5. The summed E-state index contributed by atoms with van der Waals surface area (Å²) in [6.45, 7) is 4.83. The van der Waals surface area contributed by atoms with Gasteiger partial charge < -0.3 is 10.4 Å². The molecule has 0 amide bonds. The van der Waals surface area contributed by atoms with Crippen molar-refractivity contribution in [2.24, 2.45) is 0 Å². The molecule has 0 saturated heterocycles. The Bertz CT molecular complexity index is 351. The first kappa shape index (κ1) is 14.2. The van der Waals surface area contributed by atoms with E-state index in [1.165, 1.54) is 18.0 Å². The van der Waals surface area contributed by atoms with E-state index in [0.29, 0.717) is 17.4 Å². The molecule has 0 saturated carbocycles. The van der Waals surface area contributed by atoms with Crippen LogP contribution in [0, 0.1) is 5.82 Å². The molecule has 17 heavy (non-hydrogen) atoms. The van der Waals surface area contributed by atoms with Crippen LogP contribution >= 0.6 is 11.8 Å². The number of nitrogens with one attached hydrogen (secondary N) is 1. The zero-order valence-electron chi connectivity index (χ0n) is 10.1. The van der Waals surface area contributed by atoms with Gasteiger partial charge in [-0.3, -0.25) is 0 Å². The number of hydrogen-bond acceptors (Lipinski definition) is 5. The topological polar surface area (TPSA) is 58.0 Å². The van der Waals surface area contributed by atoms with Crippen LogP contribution in [-0.2, 0) is 0 Å². The smallest absolute Gasteiger partial charge is 0.223 e. The summed E-state index contributed by atoms with van der Waals surface area (Å²) in [6.07, 6.45) is 2.76. The van der Waals surface area contributed by atoms with Gasteiger partial charge in [0.15, 0.2) is 5.82 Å². The Balaban J connectivity index is 2.68. The largest absolute Gasteiger partial charge is 0.396 e. The molecule has 1 unspecified atom stereocenters. The molecule has 1 aromatic rings. The zero-order valence-corrected chi connectivity index (χ0v) is 10.9. The highest BCUT2D eigenvalue weighted by Crippen LogP contribution is 2.26. The van der Waals surface area contributed by atoms with E-state index >= 15 is 0 Å². The molecular weight excluding hydrogens is 241 g/mol. The van der Waals surface area contributed by atoms with Crippen LogP contribution in [0.2, 0.25) is 0 Å². The van der Waals surface area contributed by atoms with Crippen molar-refractivity contribution < 1.29 is 9.50 Å². The Hall–Kier alpha value is -0.880. The van der Waals surface area contributed by atoms with E-state index in [0.717, 1.165) is 13.0 Å². The van der Waals surface area contributed by atoms with Crippen LogP contribution in [0.25, 0.3) is 0 Å². The lowest BCUT2D eigenvalue weighted by atomic mass is 10.3. The van der Waals surface area contributed by atoms with Gasteiger partial charge in [-0.25, -0.2) is 14.4 Å². The Kier molecular flexibility index (Phi) is 6.21. The maximum Gasteiger partial charge on any atom is 0.223 e. The Morgan fingerprint density at radius 2 is 2.35 bits per heavy atom. The summed E-state index contributed by atoms with van der Waals surface area (Å²) in [7, 11) is 0.